The van der Waals surface area contributed by atoms with Crippen molar-refractivity contribution in [1.29, 1.82) is 0 Å². The number of piperidine rings is 1. The van der Waals surface area contributed by atoms with E-state index < -0.39 is 39.2 Å². The fourth-order valence-corrected chi connectivity index (χ4v) is 5.36. The molecule has 1 fully saturated rings. The van der Waals surface area contributed by atoms with Crippen LogP contribution in [0.1, 0.15) is 35.2 Å². The Morgan fingerprint density at radius 1 is 1.14 bits per heavy atom. The summed E-state index contributed by atoms with van der Waals surface area (Å²) in [5.74, 6) is 0.170. The molecule has 4 rings (SSSR count). The zero-order valence-electron chi connectivity index (χ0n) is 23.9. The van der Waals surface area contributed by atoms with Gasteiger partial charge in [-0.25, -0.2) is 27.0 Å². The number of halogens is 2. The van der Waals surface area contributed by atoms with Crippen LogP contribution >= 0.6 is 0 Å². The van der Waals surface area contributed by atoms with Crippen LogP contribution in [0.3, 0.4) is 0 Å². The smallest absolute Gasteiger partial charge is 0.322 e. The maximum Gasteiger partial charge on any atom is 0.322 e. The largest absolute Gasteiger partial charge is 0.439 e. The van der Waals surface area contributed by atoms with Crippen molar-refractivity contribution in [1.82, 2.24) is 14.8 Å². The Kier molecular flexibility index (Phi) is 10.4. The first-order chi connectivity index (χ1) is 20.9. The number of hydrogen-bond acceptors (Lipinski definition) is 7. The van der Waals surface area contributed by atoms with Gasteiger partial charge in [0.1, 0.15) is 17.4 Å². The summed E-state index contributed by atoms with van der Waals surface area (Å²) in [6, 6.07) is 10.7. The van der Waals surface area contributed by atoms with Gasteiger partial charge in [-0.05, 0) is 48.7 Å². The number of nitrogens with zero attached hydrogens (tertiary/aromatic N) is 3. The van der Waals surface area contributed by atoms with E-state index in [2.05, 4.69) is 25.8 Å². The van der Waals surface area contributed by atoms with Gasteiger partial charge in [0.05, 0.1) is 17.5 Å². The summed E-state index contributed by atoms with van der Waals surface area (Å²) in [5.41, 5.74) is 5.66. The molecule has 14 heteroatoms. The van der Waals surface area contributed by atoms with Crippen molar-refractivity contribution in [3.8, 4) is 24.0 Å². The highest BCUT2D eigenvalue weighted by atomic mass is 32.2. The molecule has 0 bridgehead atoms. The zero-order valence-corrected chi connectivity index (χ0v) is 24.7. The van der Waals surface area contributed by atoms with Crippen LogP contribution in [0, 0.1) is 24.0 Å². The van der Waals surface area contributed by atoms with Crippen molar-refractivity contribution in [3.63, 3.8) is 0 Å². The molecule has 1 aliphatic heterocycles. The number of likely N-dealkylation sites (tertiary alicyclic amines) is 1. The molecule has 0 atom stereocenters. The van der Waals surface area contributed by atoms with Gasteiger partial charge in [0.2, 0.25) is 15.9 Å². The van der Waals surface area contributed by atoms with Crippen molar-refractivity contribution in [3.05, 3.63) is 77.5 Å². The van der Waals surface area contributed by atoms with Crippen LogP contribution in [-0.2, 0) is 16.6 Å². The molecule has 2 heterocycles. The van der Waals surface area contributed by atoms with Crippen LogP contribution < -0.4 is 20.5 Å². The third-order valence-electron chi connectivity index (χ3n) is 6.90. The fourth-order valence-electron chi connectivity index (χ4n) is 4.79. The Morgan fingerprint density at radius 3 is 2.43 bits per heavy atom. The Hall–Kier alpha value is -4.74. The summed E-state index contributed by atoms with van der Waals surface area (Å²) in [7, 11) is -3.37. The number of nitrogens with two attached hydrogens (primary N) is 1. The van der Waals surface area contributed by atoms with Gasteiger partial charge in [0.25, 0.3) is 5.91 Å². The summed E-state index contributed by atoms with van der Waals surface area (Å²) in [6.07, 6.45) is 9.78. The number of hydrogen-bond donors (Lipinski definition) is 3. The number of benzene rings is 2. The first kappa shape index (κ1) is 32.2. The third-order valence-corrected chi connectivity index (χ3v) is 7.51. The summed E-state index contributed by atoms with van der Waals surface area (Å²) in [4.78, 5) is 32.8. The average molecular weight is 627 g/mol. The monoisotopic (exact) mass is 626 g/mol. The predicted octanol–water partition coefficient (Wildman–Crippen LogP) is 4.14. The van der Waals surface area contributed by atoms with E-state index >= 15 is 0 Å². The zero-order chi connectivity index (χ0) is 31.9. The SMILES string of the molecule is C#CCCN(C(=O)Nc1cc(C(N)=O)c(F)cc1F)C1CCN(Cc2ccc(Oc3ccc(NS(C)(=O)=O)cc3)nc2)CC1. The quantitative estimate of drug-likeness (QED) is 0.271. The highest BCUT2D eigenvalue weighted by Gasteiger charge is 2.28. The molecule has 4 N–H and O–H groups in total. The number of ether oxygens (including phenoxy) is 1. The van der Waals surface area contributed by atoms with E-state index in [9.17, 15) is 26.8 Å². The van der Waals surface area contributed by atoms with Crippen molar-refractivity contribution < 1.29 is 31.5 Å². The molecular formula is C30H32F2N6O5S. The number of carbonyl (C=O) groups is 2. The molecule has 11 nitrogen and oxygen atoms in total. The first-order valence-electron chi connectivity index (χ1n) is 13.6. The summed E-state index contributed by atoms with van der Waals surface area (Å²) < 4.78 is 59.1. The van der Waals surface area contributed by atoms with Crippen LogP contribution in [0.4, 0.5) is 25.0 Å². The van der Waals surface area contributed by atoms with E-state index in [-0.39, 0.29) is 24.7 Å². The molecule has 232 valence electrons. The normalized spacial score (nSPS) is 14.0. The molecule has 0 unspecified atom stereocenters. The van der Waals surface area contributed by atoms with E-state index in [0.717, 1.165) is 17.9 Å². The van der Waals surface area contributed by atoms with Crippen LogP contribution in [0.5, 0.6) is 11.6 Å². The molecule has 1 saturated heterocycles. The molecule has 1 aliphatic rings. The van der Waals surface area contributed by atoms with E-state index in [1.54, 1.807) is 41.4 Å². The van der Waals surface area contributed by atoms with Crippen molar-refractivity contribution in [2.75, 3.05) is 35.9 Å². The third kappa shape index (κ3) is 8.88. The topological polar surface area (TPSA) is 147 Å². The molecule has 2 aromatic carbocycles. The average Bonchev–Trinajstić information content (AvgIpc) is 2.96. The van der Waals surface area contributed by atoms with Gasteiger partial charge in [-0.3, -0.25) is 14.4 Å². The number of sulfonamides is 1. The Bertz CT molecular complexity index is 1640. The Morgan fingerprint density at radius 2 is 1.84 bits per heavy atom. The molecular weight excluding hydrogens is 594 g/mol. The maximum absolute atomic E-state index is 14.4. The number of primary amides is 1. The molecule has 3 amide bonds. The van der Waals surface area contributed by atoms with Gasteiger partial charge in [-0.2, -0.15) is 0 Å². The minimum Gasteiger partial charge on any atom is -0.439 e. The van der Waals surface area contributed by atoms with E-state index in [0.29, 0.717) is 55.9 Å². The number of carbonyl (C=O) groups excluding carboxylic acids is 2. The van der Waals surface area contributed by atoms with E-state index in [1.807, 2.05) is 6.07 Å². The minimum absolute atomic E-state index is 0.174. The fraction of sp³-hybridized carbons (Fsp3) is 0.300. The number of anilines is 2. The predicted molar refractivity (Wildman–Crippen MR) is 162 cm³/mol. The highest BCUT2D eigenvalue weighted by molar-refractivity contribution is 7.92. The van der Waals surface area contributed by atoms with Crippen molar-refractivity contribution >= 4 is 33.3 Å². The second-order valence-electron chi connectivity index (χ2n) is 10.3. The lowest BCUT2D eigenvalue weighted by atomic mass is 10.0. The summed E-state index contributed by atoms with van der Waals surface area (Å²) >= 11 is 0. The maximum atomic E-state index is 14.4. The van der Waals surface area contributed by atoms with Gasteiger partial charge in [0, 0.05) is 62.7 Å². The summed E-state index contributed by atoms with van der Waals surface area (Å²) in [5, 5.41) is 2.43. The first-order valence-corrected chi connectivity index (χ1v) is 15.5. The molecule has 3 aromatic rings. The Balaban J connectivity index is 1.32. The molecule has 44 heavy (non-hydrogen) atoms. The number of amides is 3. The van der Waals surface area contributed by atoms with Crippen LogP contribution in [0.2, 0.25) is 0 Å². The number of rotatable bonds is 11. The van der Waals surface area contributed by atoms with Gasteiger partial charge in [0.15, 0.2) is 0 Å². The molecule has 0 radical (unpaired) electrons. The van der Waals surface area contributed by atoms with Crippen LogP contribution in [0.25, 0.3) is 0 Å². The molecule has 1 aromatic heterocycles. The van der Waals surface area contributed by atoms with E-state index in [4.69, 9.17) is 16.9 Å². The number of aromatic nitrogens is 1. The standard InChI is InChI=1S/C30H32F2N6O5S/c1-3-4-13-38(30(40)35-27-16-24(29(33)39)25(31)17-26(27)32)22-11-14-37(15-12-22)19-20-5-10-28(34-18-20)43-23-8-6-21(7-9-23)36-44(2,41)42/h1,5-10,16-18,22,36H,4,11-15,19H2,2H3,(H2,33,39)(H,35,40). The number of urea groups is 1. The number of nitrogens with one attached hydrogen (secondary N) is 2. The lowest BCUT2D eigenvalue weighted by molar-refractivity contribution is 0.0996. The highest BCUT2D eigenvalue weighted by Crippen LogP contribution is 2.25. The van der Waals surface area contributed by atoms with E-state index in [1.165, 1.54) is 0 Å². The van der Waals surface area contributed by atoms with Gasteiger partial charge < -0.3 is 20.7 Å². The van der Waals surface area contributed by atoms with Gasteiger partial charge >= 0.3 is 6.03 Å². The second kappa shape index (κ2) is 14.2. The second-order valence-corrected chi connectivity index (χ2v) is 12.0. The molecule has 0 aliphatic carbocycles. The number of pyridine rings is 1. The van der Waals surface area contributed by atoms with Crippen LogP contribution in [0.15, 0.2) is 54.7 Å². The van der Waals surface area contributed by atoms with Crippen molar-refractivity contribution in [2.45, 2.75) is 31.8 Å². The van der Waals surface area contributed by atoms with Gasteiger partial charge in [-0.1, -0.05) is 6.07 Å². The number of terminal acetylenes is 1. The minimum atomic E-state index is -3.37. The lowest BCUT2D eigenvalue weighted by Gasteiger charge is -2.38. The van der Waals surface area contributed by atoms with Crippen LogP contribution in [-0.4, -0.2) is 67.1 Å². The summed E-state index contributed by atoms with van der Waals surface area (Å²) in [6.45, 7) is 2.21. The molecule has 0 saturated carbocycles. The molecule has 0 spiro atoms. The van der Waals surface area contributed by atoms with Crippen molar-refractivity contribution in [2.24, 2.45) is 5.73 Å². The lowest BCUT2D eigenvalue weighted by Crippen LogP contribution is -2.49. The van der Waals surface area contributed by atoms with Gasteiger partial charge in [-0.15, -0.1) is 12.3 Å². The Labute approximate surface area is 254 Å².